The summed E-state index contributed by atoms with van der Waals surface area (Å²) in [5, 5.41) is 153. The van der Waals surface area contributed by atoms with Crippen LogP contribution in [0.2, 0.25) is 0 Å². The third kappa shape index (κ3) is 8.97. The van der Waals surface area contributed by atoms with Gasteiger partial charge < -0.3 is 105 Å². The average molecular weight is 941 g/mol. The topological polar surface area (TPSA) is 444 Å². The third-order valence-corrected chi connectivity index (χ3v) is 9.59. The van der Waals surface area contributed by atoms with Crippen molar-refractivity contribution in [1.29, 1.82) is 0 Å². The minimum Gasteiger partial charge on any atom is -0.504 e. The fourth-order valence-electron chi connectivity index (χ4n) is 6.28. The number of phenols is 15. The Labute approximate surface area is 370 Å². The van der Waals surface area contributed by atoms with Crippen LogP contribution >= 0.6 is 0 Å². The summed E-state index contributed by atoms with van der Waals surface area (Å²) in [5.74, 6) is -26.2. The van der Waals surface area contributed by atoms with Gasteiger partial charge in [0, 0.05) is 11.1 Å². The summed E-state index contributed by atoms with van der Waals surface area (Å²) in [6, 6.07) is 4.21. The number of ether oxygens (including phenoxy) is 6. The molecule has 0 spiro atoms. The minimum atomic E-state index is -2.72. The molecule has 15 N–H and O–H groups in total. The van der Waals surface area contributed by atoms with E-state index in [0.717, 1.165) is 6.92 Å². The molecule has 0 saturated carbocycles. The van der Waals surface area contributed by atoms with Crippen molar-refractivity contribution in [2.45, 2.75) is 31.5 Å². The highest BCUT2D eigenvalue weighted by Crippen LogP contribution is 2.53. The Morgan fingerprint density at radius 3 is 1.22 bits per heavy atom. The van der Waals surface area contributed by atoms with Crippen LogP contribution in [0.5, 0.6) is 86.2 Å². The Bertz CT molecular complexity index is 2820. The normalized spacial score (nSPS) is 15.4. The SMILES string of the molecule is C[C@H]1OC(=O)c2cc(O)c(O)c(O)c2-c2c(cc(O)c(O)c2O)C(=O)O[C@H]1[C@@H](OC(=O)c1cc(O)c(O)c(O)c1)C(OCOC(=O)c1cc(O)c(O)c(O)c1)OC(=O)c1cc(O)c(O)c(O)c1. The smallest absolute Gasteiger partial charge is 0.340 e. The zero-order chi connectivity index (χ0) is 49.5. The van der Waals surface area contributed by atoms with Crippen LogP contribution in [0.25, 0.3) is 11.1 Å². The number of rotatable bonds is 10. The van der Waals surface area contributed by atoms with E-state index >= 15 is 0 Å². The first-order chi connectivity index (χ1) is 31.4. The fourth-order valence-corrected chi connectivity index (χ4v) is 6.28. The van der Waals surface area contributed by atoms with Gasteiger partial charge in [-0.1, -0.05) is 0 Å². The Morgan fingerprint density at radius 1 is 0.478 bits per heavy atom. The number of carbonyl (C=O) groups excluding carboxylic acids is 5. The number of phenolic OH excluding ortho intramolecular Hbond substituents is 15. The lowest BCUT2D eigenvalue weighted by Crippen LogP contribution is -2.52. The van der Waals surface area contributed by atoms with E-state index in [0.29, 0.717) is 48.5 Å². The molecule has 4 atom stereocenters. The van der Waals surface area contributed by atoms with E-state index in [-0.39, 0.29) is 0 Å². The molecule has 1 heterocycles. The van der Waals surface area contributed by atoms with Crippen LogP contribution in [0, 0.1) is 0 Å². The van der Waals surface area contributed by atoms with E-state index in [1.807, 2.05) is 0 Å². The number of cyclic esters (lactones) is 2. The summed E-state index contributed by atoms with van der Waals surface area (Å²) < 4.78 is 32.4. The summed E-state index contributed by atoms with van der Waals surface area (Å²) >= 11 is 0. The van der Waals surface area contributed by atoms with E-state index in [1.165, 1.54) is 0 Å². The Kier molecular flexibility index (Phi) is 12.5. The number of aromatic hydroxyl groups is 15. The van der Waals surface area contributed by atoms with Gasteiger partial charge >= 0.3 is 29.8 Å². The third-order valence-electron chi connectivity index (χ3n) is 9.59. The van der Waals surface area contributed by atoms with Crippen molar-refractivity contribution in [2.24, 2.45) is 0 Å². The maximum atomic E-state index is 14.3. The second kappa shape index (κ2) is 17.9. The van der Waals surface area contributed by atoms with Gasteiger partial charge in [-0.2, -0.15) is 0 Å². The quantitative estimate of drug-likeness (QED) is 0.0413. The molecule has 1 aliphatic heterocycles. The summed E-state index contributed by atoms with van der Waals surface area (Å²) in [5.41, 5.74) is -6.48. The monoisotopic (exact) mass is 940 g/mol. The lowest BCUT2D eigenvalue weighted by molar-refractivity contribution is -0.224. The van der Waals surface area contributed by atoms with Gasteiger partial charge in [0.25, 0.3) is 0 Å². The molecule has 1 unspecified atom stereocenters. The summed E-state index contributed by atoms with van der Waals surface area (Å²) in [4.78, 5) is 68.9. The number of carbonyl (C=O) groups is 5. The molecule has 5 aromatic carbocycles. The largest absolute Gasteiger partial charge is 0.504 e. The van der Waals surface area contributed by atoms with Crippen LogP contribution in [0.15, 0.2) is 48.5 Å². The molecule has 0 amide bonds. The molecule has 1 aliphatic rings. The van der Waals surface area contributed by atoms with Crippen molar-refractivity contribution in [2.75, 3.05) is 6.79 Å². The first kappa shape index (κ1) is 46.9. The summed E-state index contributed by atoms with van der Waals surface area (Å²) in [7, 11) is 0. The van der Waals surface area contributed by atoms with Gasteiger partial charge in [0.15, 0.2) is 87.6 Å². The van der Waals surface area contributed by atoms with E-state index in [4.69, 9.17) is 28.4 Å². The Hall–Kier alpha value is -9.59. The van der Waals surface area contributed by atoms with E-state index in [2.05, 4.69) is 0 Å². The highest BCUT2D eigenvalue weighted by atomic mass is 16.8. The Balaban J connectivity index is 1.53. The maximum absolute atomic E-state index is 14.3. The van der Waals surface area contributed by atoms with Gasteiger partial charge in [-0.05, 0) is 55.5 Å². The van der Waals surface area contributed by atoms with Crippen LogP contribution in [-0.2, 0) is 28.4 Å². The second-order valence-corrected chi connectivity index (χ2v) is 14.0. The van der Waals surface area contributed by atoms with Crippen LogP contribution in [-0.4, -0.2) is 138 Å². The molecule has 26 heteroatoms. The lowest BCUT2D eigenvalue weighted by Gasteiger charge is -2.35. The predicted octanol–water partition coefficient (Wildman–Crippen LogP) is 2.26. The lowest BCUT2D eigenvalue weighted by atomic mass is 9.91. The van der Waals surface area contributed by atoms with E-state index in [1.54, 1.807) is 0 Å². The molecule has 5 aromatic rings. The van der Waals surface area contributed by atoms with Crippen molar-refractivity contribution < 1.29 is 129 Å². The number of esters is 5. The number of hydrogen-bond acceptors (Lipinski definition) is 26. The summed E-state index contributed by atoms with van der Waals surface area (Å²) in [6.45, 7) is -0.546. The number of hydrogen-bond donors (Lipinski definition) is 15. The average Bonchev–Trinajstić information content (AvgIpc) is 3.27. The highest BCUT2D eigenvalue weighted by Gasteiger charge is 2.46. The van der Waals surface area contributed by atoms with Crippen molar-refractivity contribution >= 4 is 29.8 Å². The van der Waals surface area contributed by atoms with Gasteiger partial charge in [0.1, 0.15) is 6.10 Å². The molecule has 0 radical (unpaired) electrons. The number of fused-ring (bicyclic) bond motifs is 3. The van der Waals surface area contributed by atoms with Crippen LogP contribution in [0.4, 0.5) is 0 Å². The second-order valence-electron chi connectivity index (χ2n) is 14.0. The van der Waals surface area contributed by atoms with Crippen LogP contribution in [0.1, 0.15) is 58.7 Å². The van der Waals surface area contributed by atoms with Gasteiger partial charge in [0.05, 0.1) is 27.8 Å². The van der Waals surface area contributed by atoms with Crippen molar-refractivity contribution in [1.82, 2.24) is 0 Å². The van der Waals surface area contributed by atoms with E-state index in [9.17, 15) is 101 Å². The first-order valence-electron chi connectivity index (χ1n) is 18.3. The predicted molar refractivity (Wildman–Crippen MR) is 210 cm³/mol. The zero-order valence-corrected chi connectivity index (χ0v) is 33.3. The molecule has 0 saturated heterocycles. The van der Waals surface area contributed by atoms with E-state index < -0.39 is 186 Å². The molecule has 0 bridgehead atoms. The molecule has 0 fully saturated rings. The molecule has 26 nitrogen and oxygen atoms in total. The molecular weight excluding hydrogens is 908 g/mol. The van der Waals surface area contributed by atoms with Crippen LogP contribution in [0.3, 0.4) is 0 Å². The Morgan fingerprint density at radius 2 is 0.821 bits per heavy atom. The highest BCUT2D eigenvalue weighted by molar-refractivity contribution is 6.08. The molecule has 6 rings (SSSR count). The van der Waals surface area contributed by atoms with Gasteiger partial charge in [-0.15, -0.1) is 0 Å². The first-order valence-corrected chi connectivity index (χ1v) is 18.3. The zero-order valence-electron chi connectivity index (χ0n) is 33.3. The number of benzene rings is 5. The fraction of sp³-hybridized carbons (Fsp3) is 0.146. The molecule has 352 valence electrons. The molecular formula is C41H32O26. The minimum absolute atomic E-state index is 0.410. The molecule has 0 aliphatic carbocycles. The van der Waals surface area contributed by atoms with Gasteiger partial charge in [-0.3, -0.25) is 0 Å². The van der Waals surface area contributed by atoms with Crippen molar-refractivity contribution in [3.05, 3.63) is 76.3 Å². The van der Waals surface area contributed by atoms with Gasteiger partial charge in [0.2, 0.25) is 23.9 Å². The van der Waals surface area contributed by atoms with Crippen molar-refractivity contribution in [3.8, 4) is 97.4 Å². The summed E-state index contributed by atoms with van der Waals surface area (Å²) in [6.07, 6.45) is -9.97. The van der Waals surface area contributed by atoms with Crippen molar-refractivity contribution in [3.63, 3.8) is 0 Å². The van der Waals surface area contributed by atoms with Crippen LogP contribution < -0.4 is 0 Å². The van der Waals surface area contributed by atoms with Gasteiger partial charge in [-0.25, -0.2) is 24.0 Å². The molecule has 67 heavy (non-hydrogen) atoms. The maximum Gasteiger partial charge on any atom is 0.340 e. The standard InChI is InChI=1S/C41H32O26/c1-11-34(65-40(61)16-9-24(49)31(54)33(56)26(16)25-15(39(60)64-11)8-23(48)30(53)32(25)55)35(66-37(58)13-4-19(44)28(51)20(45)5-13)41(67-38(59)14-6-21(46)29(52)22(47)7-14)63-10-62-36(57)12-2-17(42)27(50)18(43)3-12/h2-9,11,34-35,41-56H,10H2,1H3/t11-,34-,35-,41?/m1/s1. The molecule has 0 aromatic heterocycles.